The number of aromatic nitrogens is 2. The molecule has 0 bridgehead atoms. The Morgan fingerprint density at radius 3 is 2.56 bits per heavy atom. The lowest BCUT2D eigenvalue weighted by Crippen LogP contribution is -2.55. The van der Waals surface area contributed by atoms with Gasteiger partial charge in [0, 0.05) is 26.1 Å². The fourth-order valence-electron chi connectivity index (χ4n) is 5.80. The fraction of sp³-hybridized carbons (Fsp3) is 0.500. The number of anilines is 1. The van der Waals surface area contributed by atoms with E-state index >= 15 is 0 Å². The molecule has 0 radical (unpaired) electrons. The molecule has 1 N–H and O–H groups in total. The number of carboxylic acid groups (broad SMARTS) is 1. The monoisotopic (exact) mass is 556 g/mol. The molecule has 206 valence electrons. The first-order chi connectivity index (χ1) is 18.4. The standard InChI is InChI=1S/C26H29ClN6O6/c1-25(2)9-10-26(22(34)39-3,18-7-5-4-6-17(18)25)14-19-20(33(37)38)21(30-23(27)29-19)31-12-13-32(24(35)36)16(15-31)8-11-28/h4-7,16H,8-10,12-15H2,1-3H3,(H,35,36)/t16-,26?/m0/s1. The minimum Gasteiger partial charge on any atom is -0.468 e. The lowest BCUT2D eigenvalue weighted by Gasteiger charge is -2.43. The summed E-state index contributed by atoms with van der Waals surface area (Å²) in [6, 6.07) is 8.77. The third kappa shape index (κ3) is 5.06. The summed E-state index contributed by atoms with van der Waals surface area (Å²) in [6.07, 6.45) is -0.412. The lowest BCUT2D eigenvalue weighted by atomic mass is 9.60. The van der Waals surface area contributed by atoms with Crippen molar-refractivity contribution in [2.45, 2.75) is 56.4 Å². The summed E-state index contributed by atoms with van der Waals surface area (Å²) in [5, 5.41) is 31.0. The molecule has 1 unspecified atom stereocenters. The molecule has 0 spiro atoms. The van der Waals surface area contributed by atoms with Gasteiger partial charge >= 0.3 is 17.7 Å². The van der Waals surface area contributed by atoms with E-state index in [1.54, 1.807) is 4.90 Å². The number of esters is 1. The van der Waals surface area contributed by atoms with Crippen molar-refractivity contribution >= 4 is 35.2 Å². The Hall–Kier alpha value is -3.98. The Kier molecular flexibility index (Phi) is 7.66. The van der Waals surface area contributed by atoms with Gasteiger partial charge in [-0.3, -0.25) is 14.9 Å². The highest BCUT2D eigenvalue weighted by molar-refractivity contribution is 6.28. The molecule has 1 aliphatic carbocycles. The third-order valence-corrected chi connectivity index (χ3v) is 8.01. The topological polar surface area (TPSA) is 163 Å². The maximum Gasteiger partial charge on any atom is 0.407 e. The van der Waals surface area contributed by atoms with Crippen LogP contribution in [-0.4, -0.2) is 69.7 Å². The van der Waals surface area contributed by atoms with Crippen molar-refractivity contribution in [1.29, 1.82) is 5.26 Å². The van der Waals surface area contributed by atoms with Crippen molar-refractivity contribution < 1.29 is 24.4 Å². The summed E-state index contributed by atoms with van der Waals surface area (Å²) >= 11 is 6.30. The molecular weight excluding hydrogens is 528 g/mol. The number of halogens is 1. The average molecular weight is 557 g/mol. The van der Waals surface area contributed by atoms with Gasteiger partial charge in [0.2, 0.25) is 11.1 Å². The van der Waals surface area contributed by atoms with E-state index in [4.69, 9.17) is 16.3 Å². The van der Waals surface area contributed by atoms with E-state index in [-0.39, 0.29) is 54.7 Å². The van der Waals surface area contributed by atoms with E-state index in [0.29, 0.717) is 12.8 Å². The molecule has 1 aromatic heterocycles. The van der Waals surface area contributed by atoms with Crippen LogP contribution in [0.2, 0.25) is 5.28 Å². The van der Waals surface area contributed by atoms with E-state index < -0.39 is 34.1 Å². The zero-order valence-electron chi connectivity index (χ0n) is 21.9. The zero-order chi connectivity index (χ0) is 28.5. The summed E-state index contributed by atoms with van der Waals surface area (Å²) in [7, 11) is 1.29. The lowest BCUT2D eigenvalue weighted by molar-refractivity contribution is -0.385. The Bertz CT molecular complexity index is 1360. The van der Waals surface area contributed by atoms with Gasteiger partial charge in [-0.05, 0) is 41.0 Å². The highest BCUT2D eigenvalue weighted by atomic mass is 35.5. The summed E-state index contributed by atoms with van der Waals surface area (Å²) < 4.78 is 5.26. The quantitative estimate of drug-likeness (QED) is 0.239. The van der Waals surface area contributed by atoms with Gasteiger partial charge in [-0.25, -0.2) is 9.78 Å². The third-order valence-electron chi connectivity index (χ3n) is 7.84. The van der Waals surface area contributed by atoms with E-state index in [0.717, 1.165) is 16.0 Å². The number of piperazine rings is 1. The minimum atomic E-state index is -1.24. The molecule has 2 heterocycles. The summed E-state index contributed by atoms with van der Waals surface area (Å²) in [5.74, 6) is -0.604. The molecule has 1 amide bonds. The number of methoxy groups -OCH3 is 1. The number of ether oxygens (including phenoxy) is 1. The van der Waals surface area contributed by atoms with Crippen LogP contribution >= 0.6 is 11.6 Å². The largest absolute Gasteiger partial charge is 0.468 e. The molecule has 39 heavy (non-hydrogen) atoms. The molecule has 12 nitrogen and oxygen atoms in total. The predicted molar refractivity (Wildman–Crippen MR) is 141 cm³/mol. The fourth-order valence-corrected chi connectivity index (χ4v) is 5.99. The molecule has 4 rings (SSSR count). The van der Waals surface area contributed by atoms with Gasteiger partial charge in [0.25, 0.3) is 0 Å². The maximum absolute atomic E-state index is 13.5. The molecule has 13 heteroatoms. The van der Waals surface area contributed by atoms with Crippen molar-refractivity contribution in [3.63, 3.8) is 0 Å². The number of nitriles is 1. The van der Waals surface area contributed by atoms with Crippen LogP contribution < -0.4 is 4.90 Å². The Morgan fingerprint density at radius 2 is 1.95 bits per heavy atom. The Labute approximate surface area is 230 Å². The molecule has 1 fully saturated rings. The van der Waals surface area contributed by atoms with E-state index in [1.165, 1.54) is 7.11 Å². The smallest absolute Gasteiger partial charge is 0.407 e. The second kappa shape index (κ2) is 10.6. The van der Waals surface area contributed by atoms with Crippen LogP contribution in [0.4, 0.5) is 16.3 Å². The van der Waals surface area contributed by atoms with Crippen LogP contribution in [0.25, 0.3) is 0 Å². The van der Waals surface area contributed by atoms with Gasteiger partial charge in [-0.2, -0.15) is 10.2 Å². The number of rotatable bonds is 6. The maximum atomic E-state index is 13.5. The SMILES string of the molecule is COC(=O)C1(Cc2nc(Cl)nc(N3CCN(C(=O)O)[C@@H](CC#N)C3)c2[N+](=O)[O-])CCC(C)(C)c2ccccc21. The number of carbonyl (C=O) groups excluding carboxylic acids is 1. The number of hydrogen-bond acceptors (Lipinski definition) is 9. The second-order valence-electron chi connectivity index (χ2n) is 10.5. The number of carbonyl (C=O) groups is 2. The molecule has 0 saturated carbocycles. The highest BCUT2D eigenvalue weighted by Gasteiger charge is 2.50. The number of nitro groups is 1. The number of nitrogens with zero attached hydrogens (tertiary/aromatic N) is 6. The first-order valence-electron chi connectivity index (χ1n) is 12.5. The summed E-state index contributed by atoms with van der Waals surface area (Å²) in [5.41, 5.74) is -0.228. The van der Waals surface area contributed by atoms with Crippen LogP contribution in [0, 0.1) is 21.4 Å². The van der Waals surface area contributed by atoms with Gasteiger partial charge < -0.3 is 19.6 Å². The van der Waals surface area contributed by atoms with Gasteiger partial charge in [-0.1, -0.05) is 38.1 Å². The zero-order valence-corrected chi connectivity index (χ0v) is 22.6. The molecule has 1 aromatic carbocycles. The molecule has 2 atom stereocenters. The molecule has 1 saturated heterocycles. The Morgan fingerprint density at radius 1 is 1.26 bits per heavy atom. The number of fused-ring (bicyclic) bond motifs is 1. The van der Waals surface area contributed by atoms with Crippen LogP contribution in [0.5, 0.6) is 0 Å². The highest BCUT2D eigenvalue weighted by Crippen LogP contribution is 2.49. The van der Waals surface area contributed by atoms with E-state index in [9.17, 15) is 30.1 Å². The van der Waals surface area contributed by atoms with Gasteiger partial charge in [0.05, 0.1) is 36.0 Å². The van der Waals surface area contributed by atoms with Crippen molar-refractivity contribution in [2.75, 3.05) is 31.6 Å². The van der Waals surface area contributed by atoms with E-state index in [1.807, 2.05) is 30.3 Å². The molecular formula is C26H29ClN6O6. The number of hydrogen-bond donors (Lipinski definition) is 1. The normalized spacial score (nSPS) is 22.0. The van der Waals surface area contributed by atoms with Gasteiger partial charge in [0.1, 0.15) is 5.69 Å². The average Bonchev–Trinajstić information content (AvgIpc) is 2.89. The van der Waals surface area contributed by atoms with Crippen LogP contribution in [0.15, 0.2) is 24.3 Å². The van der Waals surface area contributed by atoms with Crippen molar-refractivity contribution in [3.05, 3.63) is 56.5 Å². The second-order valence-corrected chi connectivity index (χ2v) is 10.8. The van der Waals surface area contributed by atoms with Gasteiger partial charge in [-0.15, -0.1) is 0 Å². The first-order valence-corrected chi connectivity index (χ1v) is 12.8. The van der Waals surface area contributed by atoms with Crippen molar-refractivity contribution in [3.8, 4) is 6.07 Å². The van der Waals surface area contributed by atoms with E-state index in [2.05, 4.69) is 23.8 Å². The van der Waals surface area contributed by atoms with Crippen LogP contribution in [0.3, 0.4) is 0 Å². The summed E-state index contributed by atoms with van der Waals surface area (Å²) in [6.45, 7) is 4.30. The van der Waals surface area contributed by atoms with Crippen LogP contribution in [-0.2, 0) is 26.8 Å². The molecule has 2 aliphatic rings. The van der Waals surface area contributed by atoms with Crippen LogP contribution in [0.1, 0.15) is 49.9 Å². The number of benzene rings is 1. The molecule has 1 aliphatic heterocycles. The number of amides is 1. The Balaban J connectivity index is 1.84. The first kappa shape index (κ1) is 28.0. The molecule has 2 aromatic rings. The predicted octanol–water partition coefficient (Wildman–Crippen LogP) is 3.85. The summed E-state index contributed by atoms with van der Waals surface area (Å²) in [4.78, 5) is 48.1. The van der Waals surface area contributed by atoms with Crippen molar-refractivity contribution in [1.82, 2.24) is 14.9 Å². The minimum absolute atomic E-state index is 0.00660. The van der Waals surface area contributed by atoms with Crippen molar-refractivity contribution in [2.24, 2.45) is 0 Å². The van der Waals surface area contributed by atoms with Gasteiger partial charge in [0.15, 0.2) is 0 Å².